The minimum atomic E-state index is -0.220. The molecule has 0 N–H and O–H groups in total. The van der Waals surface area contributed by atoms with Crippen LogP contribution in [0.15, 0.2) is 36.5 Å². The number of benzene rings is 1. The van der Waals surface area contributed by atoms with Crippen LogP contribution >= 0.6 is 12.4 Å². The van der Waals surface area contributed by atoms with Gasteiger partial charge in [-0.25, -0.2) is 4.39 Å². The van der Waals surface area contributed by atoms with Crippen molar-refractivity contribution >= 4 is 23.3 Å². The molecule has 0 fully saturated rings. The molecule has 0 bridgehead atoms. The van der Waals surface area contributed by atoms with E-state index in [0.717, 1.165) is 29.7 Å². The van der Waals surface area contributed by atoms with Crippen LogP contribution < -0.4 is 0 Å². The van der Waals surface area contributed by atoms with Crippen LogP contribution in [0.1, 0.15) is 24.6 Å². The zero-order chi connectivity index (χ0) is 15.0. The highest BCUT2D eigenvalue weighted by atomic mass is 35.5. The summed E-state index contributed by atoms with van der Waals surface area (Å²) in [5, 5.41) is 1.23. The highest BCUT2D eigenvalue weighted by Gasteiger charge is 2.15. The molecule has 0 aliphatic heterocycles. The third-order valence-corrected chi connectivity index (χ3v) is 4.11. The lowest BCUT2D eigenvalue weighted by Gasteiger charge is -2.10. The predicted molar refractivity (Wildman–Crippen MR) is 92.1 cm³/mol. The molecule has 0 spiro atoms. The van der Waals surface area contributed by atoms with Gasteiger partial charge in [-0.1, -0.05) is 6.92 Å². The quantitative estimate of drug-likeness (QED) is 0.641. The standard InChI is InChI=1S/C18H19FN2.ClH/c1-4-11-21-13(3)12(2)16-9-10-20-17(18(16)21)14-5-7-15(19)8-6-14;/h5-10H,4,11H2,1-3H3;1H. The highest BCUT2D eigenvalue weighted by Crippen LogP contribution is 2.32. The van der Waals surface area contributed by atoms with Gasteiger partial charge in [-0.15, -0.1) is 12.4 Å². The second-order valence-electron chi connectivity index (χ2n) is 5.42. The smallest absolute Gasteiger partial charge is 0.123 e. The number of halogens is 2. The van der Waals surface area contributed by atoms with Gasteiger partial charge in [0.1, 0.15) is 5.82 Å². The zero-order valence-electron chi connectivity index (χ0n) is 13.1. The first-order valence-corrected chi connectivity index (χ1v) is 7.33. The molecule has 0 atom stereocenters. The molecule has 3 aromatic rings. The third kappa shape index (κ3) is 2.61. The average Bonchev–Trinajstić information content (AvgIpc) is 2.74. The van der Waals surface area contributed by atoms with Gasteiger partial charge in [-0.2, -0.15) is 0 Å². The van der Waals surface area contributed by atoms with Gasteiger partial charge in [0.25, 0.3) is 0 Å². The van der Waals surface area contributed by atoms with Gasteiger partial charge in [-0.05, 0) is 56.2 Å². The van der Waals surface area contributed by atoms with Crippen molar-refractivity contribution in [2.24, 2.45) is 0 Å². The van der Waals surface area contributed by atoms with Crippen molar-refractivity contribution in [3.8, 4) is 11.3 Å². The molecule has 1 aromatic carbocycles. The second-order valence-corrected chi connectivity index (χ2v) is 5.42. The van der Waals surface area contributed by atoms with E-state index in [1.165, 1.54) is 28.8 Å². The summed E-state index contributed by atoms with van der Waals surface area (Å²) in [6.07, 6.45) is 2.91. The molecule has 0 aliphatic rings. The summed E-state index contributed by atoms with van der Waals surface area (Å²) in [6, 6.07) is 8.64. The molecule has 0 saturated carbocycles. The molecular weight excluding hydrogens is 299 g/mol. The minimum Gasteiger partial charge on any atom is -0.343 e. The Morgan fingerprint density at radius 2 is 1.77 bits per heavy atom. The van der Waals surface area contributed by atoms with Crippen molar-refractivity contribution in [2.75, 3.05) is 0 Å². The molecule has 2 nitrogen and oxygen atoms in total. The fourth-order valence-corrected chi connectivity index (χ4v) is 2.92. The van der Waals surface area contributed by atoms with Crippen molar-refractivity contribution in [3.05, 3.63) is 53.6 Å². The van der Waals surface area contributed by atoms with Crippen LogP contribution in [0.25, 0.3) is 22.2 Å². The lowest BCUT2D eigenvalue weighted by molar-refractivity contribution is 0.628. The van der Waals surface area contributed by atoms with E-state index in [-0.39, 0.29) is 18.2 Å². The summed E-state index contributed by atoms with van der Waals surface area (Å²) in [5.74, 6) is -0.220. The molecule has 0 aliphatic carbocycles. The fourth-order valence-electron chi connectivity index (χ4n) is 2.92. The highest BCUT2D eigenvalue weighted by molar-refractivity contribution is 5.95. The number of aryl methyl sites for hydroxylation is 2. The van der Waals surface area contributed by atoms with E-state index < -0.39 is 0 Å². The van der Waals surface area contributed by atoms with E-state index in [1.54, 1.807) is 12.1 Å². The number of hydrogen-bond donors (Lipinski definition) is 0. The molecule has 0 saturated heterocycles. The van der Waals surface area contributed by atoms with Gasteiger partial charge in [0.15, 0.2) is 0 Å². The van der Waals surface area contributed by atoms with E-state index in [2.05, 4.69) is 36.4 Å². The molecule has 22 heavy (non-hydrogen) atoms. The van der Waals surface area contributed by atoms with Crippen LogP contribution in [0.3, 0.4) is 0 Å². The Kier molecular flexibility index (Phi) is 4.87. The number of fused-ring (bicyclic) bond motifs is 1. The Labute approximate surface area is 136 Å². The Hall–Kier alpha value is -1.87. The van der Waals surface area contributed by atoms with Gasteiger partial charge < -0.3 is 4.57 Å². The maximum Gasteiger partial charge on any atom is 0.123 e. The van der Waals surface area contributed by atoms with Crippen LogP contribution in [0.4, 0.5) is 4.39 Å². The van der Waals surface area contributed by atoms with Gasteiger partial charge in [0.2, 0.25) is 0 Å². The summed E-state index contributed by atoms with van der Waals surface area (Å²) < 4.78 is 15.5. The van der Waals surface area contributed by atoms with Crippen molar-refractivity contribution in [2.45, 2.75) is 33.7 Å². The Bertz CT molecular complexity index is 791. The van der Waals surface area contributed by atoms with Crippen LogP contribution in [-0.4, -0.2) is 9.55 Å². The maximum absolute atomic E-state index is 13.2. The van der Waals surface area contributed by atoms with E-state index in [4.69, 9.17) is 0 Å². The summed E-state index contributed by atoms with van der Waals surface area (Å²) in [5.41, 5.74) is 5.61. The number of nitrogens with zero attached hydrogens (tertiary/aromatic N) is 2. The number of aromatic nitrogens is 2. The Morgan fingerprint density at radius 1 is 1.09 bits per heavy atom. The van der Waals surface area contributed by atoms with Crippen LogP contribution in [0, 0.1) is 19.7 Å². The predicted octanol–water partition coefficient (Wildman–Crippen LogP) is 5.29. The lowest BCUT2D eigenvalue weighted by atomic mass is 10.1. The SMILES string of the molecule is CCCn1c(C)c(C)c2ccnc(-c3ccc(F)cc3)c21.Cl. The third-order valence-electron chi connectivity index (χ3n) is 4.11. The first-order valence-electron chi connectivity index (χ1n) is 7.33. The number of hydrogen-bond acceptors (Lipinski definition) is 1. The van der Waals surface area contributed by atoms with Crippen LogP contribution in [0.2, 0.25) is 0 Å². The summed E-state index contributed by atoms with van der Waals surface area (Å²) in [7, 11) is 0. The summed E-state index contributed by atoms with van der Waals surface area (Å²) >= 11 is 0. The Morgan fingerprint density at radius 3 is 2.41 bits per heavy atom. The van der Waals surface area contributed by atoms with Gasteiger partial charge in [0.05, 0.1) is 11.2 Å². The molecule has 116 valence electrons. The average molecular weight is 319 g/mol. The number of rotatable bonds is 3. The van der Waals surface area contributed by atoms with Crippen molar-refractivity contribution in [1.29, 1.82) is 0 Å². The van der Waals surface area contributed by atoms with Crippen molar-refractivity contribution < 1.29 is 4.39 Å². The zero-order valence-corrected chi connectivity index (χ0v) is 13.9. The van der Waals surface area contributed by atoms with Gasteiger partial charge in [0, 0.05) is 29.4 Å². The first kappa shape index (κ1) is 16.5. The molecule has 4 heteroatoms. The normalized spacial score (nSPS) is 10.7. The second kappa shape index (κ2) is 6.49. The molecule has 0 radical (unpaired) electrons. The molecule has 0 amide bonds. The van der Waals surface area contributed by atoms with Crippen LogP contribution in [-0.2, 0) is 6.54 Å². The fraction of sp³-hybridized carbons (Fsp3) is 0.278. The topological polar surface area (TPSA) is 17.8 Å². The van der Waals surface area contributed by atoms with E-state index in [1.807, 2.05) is 6.20 Å². The monoisotopic (exact) mass is 318 g/mol. The van der Waals surface area contributed by atoms with Crippen molar-refractivity contribution in [1.82, 2.24) is 9.55 Å². The lowest BCUT2D eigenvalue weighted by Crippen LogP contribution is -2.01. The van der Waals surface area contributed by atoms with E-state index in [9.17, 15) is 4.39 Å². The molecule has 3 rings (SSSR count). The largest absolute Gasteiger partial charge is 0.343 e. The van der Waals surface area contributed by atoms with E-state index >= 15 is 0 Å². The minimum absolute atomic E-state index is 0. The maximum atomic E-state index is 13.2. The summed E-state index contributed by atoms with van der Waals surface area (Å²) in [6.45, 7) is 7.45. The number of pyridine rings is 1. The summed E-state index contributed by atoms with van der Waals surface area (Å²) in [4.78, 5) is 4.56. The van der Waals surface area contributed by atoms with Crippen LogP contribution in [0.5, 0.6) is 0 Å². The molecular formula is C18H20ClFN2. The molecule has 0 unspecified atom stereocenters. The van der Waals surface area contributed by atoms with Gasteiger partial charge in [-0.3, -0.25) is 4.98 Å². The van der Waals surface area contributed by atoms with Gasteiger partial charge >= 0.3 is 0 Å². The van der Waals surface area contributed by atoms with Crippen molar-refractivity contribution in [3.63, 3.8) is 0 Å². The first-order chi connectivity index (χ1) is 10.1. The van der Waals surface area contributed by atoms with E-state index in [0.29, 0.717) is 0 Å². The Balaban J connectivity index is 0.00000176. The molecule has 2 aromatic heterocycles. The molecule has 2 heterocycles.